The zero-order valence-corrected chi connectivity index (χ0v) is 11.3. The third kappa shape index (κ3) is 3.78. The van der Waals surface area contributed by atoms with E-state index in [1.165, 1.54) is 17.0 Å². The fourth-order valence-electron chi connectivity index (χ4n) is 2.10. The molecule has 1 unspecified atom stereocenters. The van der Waals surface area contributed by atoms with Gasteiger partial charge >= 0.3 is 6.36 Å². The Morgan fingerprint density at radius 3 is 2.71 bits per heavy atom. The lowest BCUT2D eigenvalue weighted by molar-refractivity contribution is -0.274. The lowest BCUT2D eigenvalue weighted by Crippen LogP contribution is -2.37. The molecule has 0 saturated carbocycles. The number of rotatable bonds is 3. The first-order chi connectivity index (χ1) is 9.78. The number of benzene rings is 1. The first kappa shape index (κ1) is 15.4. The lowest BCUT2D eigenvalue weighted by atomic mass is 10.1. The van der Waals surface area contributed by atoms with Gasteiger partial charge in [-0.3, -0.25) is 4.79 Å². The summed E-state index contributed by atoms with van der Waals surface area (Å²) in [5.41, 5.74) is 5.46. The Kier molecular flexibility index (Phi) is 4.26. The molecule has 0 bridgehead atoms. The van der Waals surface area contributed by atoms with Crippen LogP contribution in [0.1, 0.15) is 16.8 Å². The molecule has 1 aliphatic rings. The Labute approximate surface area is 119 Å². The minimum absolute atomic E-state index is 0.0372. The molecule has 1 fully saturated rings. The summed E-state index contributed by atoms with van der Waals surface area (Å²) in [5.74, 6) is -0.846. The van der Waals surface area contributed by atoms with Crippen molar-refractivity contribution in [1.82, 2.24) is 4.90 Å². The smallest absolute Gasteiger partial charge is 0.404 e. The maximum absolute atomic E-state index is 12.2. The van der Waals surface area contributed by atoms with E-state index in [2.05, 4.69) is 4.74 Å². The summed E-state index contributed by atoms with van der Waals surface area (Å²) in [6.07, 6.45) is -4.09. The molecule has 1 aromatic rings. The summed E-state index contributed by atoms with van der Waals surface area (Å²) in [6, 6.07) is 3.43. The van der Waals surface area contributed by atoms with Gasteiger partial charge in [0, 0.05) is 19.2 Å². The van der Waals surface area contributed by atoms with Crippen LogP contribution in [0.5, 0.6) is 5.75 Å². The fraction of sp³-hybridized carbons (Fsp3) is 0.462. The highest BCUT2D eigenvalue weighted by atomic mass is 19.4. The molecule has 1 aliphatic heterocycles. The predicted molar refractivity (Wildman–Crippen MR) is 68.9 cm³/mol. The van der Waals surface area contributed by atoms with Gasteiger partial charge in [0.05, 0.1) is 18.3 Å². The first-order valence-corrected chi connectivity index (χ1v) is 6.28. The zero-order chi connectivity index (χ0) is 15.6. The van der Waals surface area contributed by atoms with Crippen LogP contribution in [-0.4, -0.2) is 43.5 Å². The van der Waals surface area contributed by atoms with Crippen molar-refractivity contribution in [3.63, 3.8) is 0 Å². The van der Waals surface area contributed by atoms with Gasteiger partial charge in [0.1, 0.15) is 0 Å². The van der Waals surface area contributed by atoms with E-state index in [1.54, 1.807) is 7.05 Å². The molecule has 0 spiro atoms. The van der Waals surface area contributed by atoms with Gasteiger partial charge < -0.3 is 20.1 Å². The molecule has 1 amide bonds. The van der Waals surface area contributed by atoms with E-state index in [0.717, 1.165) is 12.5 Å². The largest absolute Gasteiger partial charge is 0.573 e. The molecular weight excluding hydrogens is 289 g/mol. The quantitative estimate of drug-likeness (QED) is 0.868. The molecule has 2 rings (SSSR count). The number of hydrogen-bond donors (Lipinski definition) is 1. The van der Waals surface area contributed by atoms with Crippen LogP contribution in [0.15, 0.2) is 18.2 Å². The third-order valence-electron chi connectivity index (χ3n) is 3.26. The van der Waals surface area contributed by atoms with E-state index >= 15 is 0 Å². The van der Waals surface area contributed by atoms with Crippen molar-refractivity contribution in [2.45, 2.75) is 18.8 Å². The third-order valence-corrected chi connectivity index (χ3v) is 3.26. The molecule has 21 heavy (non-hydrogen) atoms. The number of hydrogen-bond acceptors (Lipinski definition) is 4. The van der Waals surface area contributed by atoms with E-state index in [-0.39, 0.29) is 23.2 Å². The fourth-order valence-corrected chi connectivity index (χ4v) is 2.10. The normalized spacial score (nSPS) is 18.6. The number of halogens is 3. The predicted octanol–water partition coefficient (Wildman–Crippen LogP) is 2.03. The van der Waals surface area contributed by atoms with Crippen molar-refractivity contribution in [3.8, 4) is 5.75 Å². The molecule has 0 aliphatic carbocycles. The summed E-state index contributed by atoms with van der Waals surface area (Å²) in [6.45, 7) is 1.04. The second-order valence-corrected chi connectivity index (χ2v) is 4.73. The monoisotopic (exact) mass is 304 g/mol. The van der Waals surface area contributed by atoms with Crippen LogP contribution >= 0.6 is 0 Å². The van der Waals surface area contributed by atoms with Gasteiger partial charge in [0.2, 0.25) is 0 Å². The number of nitrogens with two attached hydrogens (primary N) is 1. The molecule has 0 radical (unpaired) electrons. The van der Waals surface area contributed by atoms with E-state index in [4.69, 9.17) is 10.5 Å². The molecule has 8 heteroatoms. The number of alkyl halides is 3. The minimum atomic E-state index is -4.82. The van der Waals surface area contributed by atoms with Crippen molar-refractivity contribution < 1.29 is 27.4 Å². The van der Waals surface area contributed by atoms with Crippen LogP contribution in [0.4, 0.5) is 18.9 Å². The number of nitrogens with zero attached hydrogens (tertiary/aromatic N) is 1. The van der Waals surface area contributed by atoms with E-state index in [0.29, 0.717) is 13.2 Å². The Morgan fingerprint density at radius 2 is 2.19 bits per heavy atom. The van der Waals surface area contributed by atoms with Crippen LogP contribution in [0.3, 0.4) is 0 Å². The molecule has 5 nitrogen and oxygen atoms in total. The average molecular weight is 304 g/mol. The minimum Gasteiger partial charge on any atom is -0.404 e. The zero-order valence-electron chi connectivity index (χ0n) is 11.3. The van der Waals surface area contributed by atoms with Gasteiger partial charge in [-0.25, -0.2) is 0 Å². The topological polar surface area (TPSA) is 64.8 Å². The van der Waals surface area contributed by atoms with Gasteiger partial charge in [-0.1, -0.05) is 0 Å². The molecule has 1 atom stereocenters. The SMILES string of the molecule is CN(C(=O)c1ccc(OC(F)(F)F)c(N)c1)C1CCOC1. The Hall–Kier alpha value is -1.96. The Bertz CT molecular complexity index is 528. The van der Waals surface area contributed by atoms with E-state index in [9.17, 15) is 18.0 Å². The number of anilines is 1. The van der Waals surface area contributed by atoms with Crippen LogP contribution in [-0.2, 0) is 4.74 Å². The molecular formula is C13H15F3N2O3. The number of nitrogen functional groups attached to an aromatic ring is 1. The second kappa shape index (κ2) is 5.80. The molecule has 2 N–H and O–H groups in total. The second-order valence-electron chi connectivity index (χ2n) is 4.73. The number of likely N-dealkylation sites (N-methyl/N-ethyl adjacent to an activating group) is 1. The maximum atomic E-state index is 12.2. The van der Waals surface area contributed by atoms with Gasteiger partial charge in [-0.2, -0.15) is 0 Å². The summed E-state index contributed by atoms with van der Waals surface area (Å²) in [7, 11) is 1.62. The Morgan fingerprint density at radius 1 is 1.48 bits per heavy atom. The summed E-state index contributed by atoms with van der Waals surface area (Å²) in [4.78, 5) is 13.7. The number of carbonyl (C=O) groups is 1. The van der Waals surface area contributed by atoms with Crippen molar-refractivity contribution in [2.75, 3.05) is 26.0 Å². The van der Waals surface area contributed by atoms with Crippen molar-refractivity contribution in [1.29, 1.82) is 0 Å². The van der Waals surface area contributed by atoms with Crippen molar-refractivity contribution >= 4 is 11.6 Å². The lowest BCUT2D eigenvalue weighted by Gasteiger charge is -2.23. The van der Waals surface area contributed by atoms with Crippen molar-refractivity contribution in [3.05, 3.63) is 23.8 Å². The number of amides is 1. The van der Waals surface area contributed by atoms with E-state index < -0.39 is 12.1 Å². The van der Waals surface area contributed by atoms with Gasteiger partial charge in [0.25, 0.3) is 5.91 Å². The Balaban J connectivity index is 2.13. The van der Waals surface area contributed by atoms with Crippen LogP contribution in [0.2, 0.25) is 0 Å². The number of carbonyl (C=O) groups excluding carboxylic acids is 1. The molecule has 1 saturated heterocycles. The summed E-state index contributed by atoms with van der Waals surface area (Å²) < 4.78 is 45.4. The van der Waals surface area contributed by atoms with Gasteiger partial charge in [-0.05, 0) is 24.6 Å². The van der Waals surface area contributed by atoms with E-state index in [1.807, 2.05) is 0 Å². The molecule has 116 valence electrons. The summed E-state index contributed by atoms with van der Waals surface area (Å²) in [5, 5.41) is 0. The van der Waals surface area contributed by atoms with Crippen molar-refractivity contribution in [2.24, 2.45) is 0 Å². The standard InChI is InChI=1S/C13H15F3N2O3/c1-18(9-4-5-20-7-9)12(19)8-2-3-11(10(17)6-8)21-13(14,15)16/h2-3,6,9H,4-5,7,17H2,1H3. The maximum Gasteiger partial charge on any atom is 0.573 e. The van der Waals surface area contributed by atoms with Crippen LogP contribution in [0.25, 0.3) is 0 Å². The van der Waals surface area contributed by atoms with Crippen LogP contribution < -0.4 is 10.5 Å². The molecule has 1 aromatic carbocycles. The van der Waals surface area contributed by atoms with Gasteiger partial charge in [0.15, 0.2) is 5.75 Å². The number of ether oxygens (including phenoxy) is 2. The van der Waals surface area contributed by atoms with Crippen LogP contribution in [0, 0.1) is 0 Å². The molecule has 0 aromatic heterocycles. The highest BCUT2D eigenvalue weighted by molar-refractivity contribution is 5.95. The average Bonchev–Trinajstić information content (AvgIpc) is 2.92. The van der Waals surface area contributed by atoms with Gasteiger partial charge in [-0.15, -0.1) is 13.2 Å². The summed E-state index contributed by atoms with van der Waals surface area (Å²) >= 11 is 0. The first-order valence-electron chi connectivity index (χ1n) is 6.28. The molecule has 1 heterocycles. The highest BCUT2D eigenvalue weighted by Crippen LogP contribution is 2.29. The highest BCUT2D eigenvalue weighted by Gasteiger charge is 2.32.